The number of likely N-dealkylation sites (tertiary alicyclic amines) is 1. The van der Waals surface area contributed by atoms with Crippen molar-refractivity contribution >= 4 is 12.1 Å². The summed E-state index contributed by atoms with van der Waals surface area (Å²) in [6.07, 6.45) is -1.33. The Hall–Kier alpha value is -1.40. The van der Waals surface area contributed by atoms with Crippen molar-refractivity contribution in [2.45, 2.75) is 51.2 Å². The highest BCUT2D eigenvalue weighted by atomic mass is 19.3. The van der Waals surface area contributed by atoms with E-state index in [4.69, 9.17) is 9.84 Å². The maximum Gasteiger partial charge on any atom is 0.411 e. The van der Waals surface area contributed by atoms with Gasteiger partial charge >= 0.3 is 12.1 Å². The van der Waals surface area contributed by atoms with Crippen LogP contribution >= 0.6 is 0 Å². The van der Waals surface area contributed by atoms with Crippen molar-refractivity contribution in [3.05, 3.63) is 0 Å². The van der Waals surface area contributed by atoms with E-state index in [1.54, 1.807) is 20.8 Å². The van der Waals surface area contributed by atoms with Gasteiger partial charge in [-0.2, -0.15) is 0 Å². The van der Waals surface area contributed by atoms with E-state index in [1.165, 1.54) is 0 Å². The zero-order valence-corrected chi connectivity index (χ0v) is 11.1. The molecular weight excluding hydrogens is 260 g/mol. The Balaban J connectivity index is 2.20. The summed E-state index contributed by atoms with van der Waals surface area (Å²) in [7, 11) is 0. The molecule has 0 radical (unpaired) electrons. The molecule has 0 aromatic carbocycles. The summed E-state index contributed by atoms with van der Waals surface area (Å²) in [4.78, 5) is 24.1. The smallest absolute Gasteiger partial charge is 0.411 e. The summed E-state index contributed by atoms with van der Waals surface area (Å²) >= 11 is 0. The Morgan fingerprint density at radius 3 is 2.26 bits per heavy atom. The van der Waals surface area contributed by atoms with Crippen molar-refractivity contribution in [3.8, 4) is 0 Å². The highest BCUT2D eigenvalue weighted by Crippen LogP contribution is 2.68. The molecule has 2 fully saturated rings. The predicted molar refractivity (Wildman–Crippen MR) is 61.0 cm³/mol. The van der Waals surface area contributed by atoms with E-state index in [0.29, 0.717) is 0 Å². The molecule has 0 aromatic rings. The quantitative estimate of drug-likeness (QED) is 0.797. The van der Waals surface area contributed by atoms with Gasteiger partial charge in [-0.25, -0.2) is 18.4 Å². The number of carbonyl (C=O) groups is 2. The summed E-state index contributed by atoms with van der Waals surface area (Å²) < 4.78 is 31.9. The first kappa shape index (κ1) is 14.0. The van der Waals surface area contributed by atoms with Gasteiger partial charge in [-0.15, -0.1) is 0 Å². The number of carbonyl (C=O) groups excluding carboxylic acids is 1. The summed E-state index contributed by atoms with van der Waals surface area (Å²) in [5.74, 6) is -4.41. The van der Waals surface area contributed by atoms with Crippen LogP contribution < -0.4 is 0 Å². The lowest BCUT2D eigenvalue weighted by atomic mass is 9.96. The molecular formula is C12H17F2NO4. The minimum absolute atomic E-state index is 0.00376. The lowest BCUT2D eigenvalue weighted by Crippen LogP contribution is -2.47. The number of rotatable bonds is 1. The number of alkyl halides is 2. The number of halogens is 2. The van der Waals surface area contributed by atoms with Crippen LogP contribution in [0.4, 0.5) is 13.6 Å². The highest BCUT2D eigenvalue weighted by molar-refractivity contribution is 5.83. The van der Waals surface area contributed by atoms with Crippen molar-refractivity contribution in [1.29, 1.82) is 0 Å². The third-order valence-electron chi connectivity index (χ3n) is 3.64. The molecule has 1 saturated carbocycles. The minimum atomic E-state index is -3.01. The van der Waals surface area contributed by atoms with Gasteiger partial charge in [0.05, 0.1) is 5.41 Å². The Kier molecular flexibility index (Phi) is 2.80. The lowest BCUT2D eigenvalue weighted by Gasteiger charge is -2.28. The van der Waals surface area contributed by atoms with Gasteiger partial charge in [-0.1, -0.05) is 0 Å². The normalized spacial score (nSPS) is 32.5. The molecule has 1 saturated heterocycles. The number of hydrogen-bond donors (Lipinski definition) is 1. The Bertz CT molecular complexity index is 432. The Labute approximate surface area is 109 Å². The third kappa shape index (κ3) is 2.15. The molecule has 1 heterocycles. The Morgan fingerprint density at radius 2 is 1.89 bits per heavy atom. The number of carboxylic acid groups (broad SMARTS) is 1. The van der Waals surface area contributed by atoms with Crippen molar-refractivity contribution in [2.24, 2.45) is 5.41 Å². The topological polar surface area (TPSA) is 66.8 Å². The highest BCUT2D eigenvalue weighted by Gasteiger charge is 2.79. The van der Waals surface area contributed by atoms with Crippen LogP contribution in [-0.4, -0.2) is 46.2 Å². The molecule has 0 bridgehead atoms. The summed E-state index contributed by atoms with van der Waals surface area (Å²) in [6.45, 7) is 4.90. The van der Waals surface area contributed by atoms with Crippen LogP contribution in [0.25, 0.3) is 0 Å². The van der Waals surface area contributed by atoms with E-state index in [0.717, 1.165) is 4.90 Å². The van der Waals surface area contributed by atoms with E-state index in [9.17, 15) is 18.4 Å². The molecule has 0 unspecified atom stereocenters. The fraction of sp³-hybridized carbons (Fsp3) is 0.833. The predicted octanol–water partition coefficient (Wildman–Crippen LogP) is 2.11. The van der Waals surface area contributed by atoms with Gasteiger partial charge in [0.2, 0.25) is 0 Å². The van der Waals surface area contributed by atoms with Crippen LogP contribution in [0.2, 0.25) is 0 Å². The van der Waals surface area contributed by atoms with Gasteiger partial charge in [-0.05, 0) is 27.2 Å². The molecule has 19 heavy (non-hydrogen) atoms. The summed E-state index contributed by atoms with van der Waals surface area (Å²) in [5.41, 5.74) is -2.39. The molecule has 108 valence electrons. The van der Waals surface area contributed by atoms with Crippen molar-refractivity contribution in [3.63, 3.8) is 0 Å². The molecule has 2 atom stereocenters. The number of carboxylic acids is 1. The number of amides is 1. The molecule has 2 rings (SSSR count). The average Bonchev–Trinajstić information content (AvgIpc) is 2.58. The fourth-order valence-electron chi connectivity index (χ4n) is 2.69. The van der Waals surface area contributed by atoms with Crippen LogP contribution in [0.1, 0.15) is 33.6 Å². The van der Waals surface area contributed by atoms with Crippen LogP contribution in [-0.2, 0) is 9.53 Å². The third-order valence-corrected chi connectivity index (χ3v) is 3.64. The number of aliphatic carboxylic acids is 1. The number of ether oxygens (including phenoxy) is 1. The molecule has 1 N–H and O–H groups in total. The van der Waals surface area contributed by atoms with E-state index in [2.05, 4.69) is 0 Å². The minimum Gasteiger partial charge on any atom is -0.480 e. The molecule has 2 aliphatic rings. The number of nitrogens with zero attached hydrogens (tertiary/aromatic N) is 1. The van der Waals surface area contributed by atoms with Gasteiger partial charge in [-0.3, -0.25) is 4.90 Å². The van der Waals surface area contributed by atoms with Crippen molar-refractivity contribution < 1.29 is 28.2 Å². The summed E-state index contributed by atoms with van der Waals surface area (Å²) in [5, 5.41) is 9.16. The molecule has 1 aliphatic carbocycles. The van der Waals surface area contributed by atoms with Crippen LogP contribution in [0.15, 0.2) is 0 Å². The second-order valence-electron chi connectivity index (χ2n) is 6.20. The first-order valence-corrected chi connectivity index (χ1v) is 6.10. The second-order valence-corrected chi connectivity index (χ2v) is 6.20. The van der Waals surface area contributed by atoms with Gasteiger partial charge in [0, 0.05) is 13.0 Å². The van der Waals surface area contributed by atoms with Crippen LogP contribution in [0.3, 0.4) is 0 Å². The Morgan fingerprint density at radius 1 is 1.37 bits per heavy atom. The van der Waals surface area contributed by atoms with E-state index in [1.807, 2.05) is 0 Å². The van der Waals surface area contributed by atoms with Gasteiger partial charge in [0.15, 0.2) is 0 Å². The first-order chi connectivity index (χ1) is 8.50. The van der Waals surface area contributed by atoms with Crippen LogP contribution in [0.5, 0.6) is 0 Å². The van der Waals surface area contributed by atoms with Gasteiger partial charge in [0.25, 0.3) is 5.92 Å². The van der Waals surface area contributed by atoms with Crippen LogP contribution in [0, 0.1) is 5.41 Å². The zero-order valence-electron chi connectivity index (χ0n) is 11.1. The largest absolute Gasteiger partial charge is 0.480 e. The molecule has 1 aliphatic heterocycles. The second kappa shape index (κ2) is 3.80. The van der Waals surface area contributed by atoms with E-state index < -0.39 is 41.5 Å². The van der Waals surface area contributed by atoms with Gasteiger partial charge in [0.1, 0.15) is 11.6 Å². The van der Waals surface area contributed by atoms with Gasteiger partial charge < -0.3 is 9.84 Å². The molecule has 7 heteroatoms. The van der Waals surface area contributed by atoms with Crippen molar-refractivity contribution in [2.75, 3.05) is 6.54 Å². The molecule has 5 nitrogen and oxygen atoms in total. The zero-order chi connectivity index (χ0) is 14.6. The van der Waals surface area contributed by atoms with E-state index in [-0.39, 0.29) is 13.0 Å². The van der Waals surface area contributed by atoms with Crippen molar-refractivity contribution in [1.82, 2.24) is 4.90 Å². The first-order valence-electron chi connectivity index (χ1n) is 6.10. The molecule has 0 aromatic heterocycles. The SMILES string of the molecule is CC(C)(C)OC(=O)N1CC[C@@]2(CC2(F)F)[C@H]1C(=O)O. The fourth-order valence-corrected chi connectivity index (χ4v) is 2.69. The maximum atomic E-state index is 13.4. The standard InChI is InChI=1S/C12H17F2NO4/c1-10(2,3)19-9(18)15-5-4-11(6-12(11,13)14)7(15)8(16)17/h7H,4-6H2,1-3H3,(H,16,17)/t7-,11-/m1/s1. The van der Waals surface area contributed by atoms with E-state index >= 15 is 0 Å². The maximum absolute atomic E-state index is 13.4. The lowest BCUT2D eigenvalue weighted by molar-refractivity contribution is -0.145. The monoisotopic (exact) mass is 277 g/mol. The molecule has 1 spiro atoms. The number of hydrogen-bond acceptors (Lipinski definition) is 3. The molecule has 1 amide bonds. The average molecular weight is 277 g/mol. The summed E-state index contributed by atoms with van der Waals surface area (Å²) in [6, 6.07) is -1.50.